The van der Waals surface area contributed by atoms with Crippen molar-refractivity contribution >= 4 is 0 Å². The minimum absolute atomic E-state index is 0.000195. The number of hydrogen-bond acceptors (Lipinski definition) is 3. The number of hydrogen-bond donors (Lipinski definition) is 3. The highest BCUT2D eigenvalue weighted by Crippen LogP contribution is 2.38. The van der Waals surface area contributed by atoms with Gasteiger partial charge in [0, 0.05) is 0 Å². The van der Waals surface area contributed by atoms with E-state index in [1.165, 1.54) is 96.3 Å². The first-order valence-electron chi connectivity index (χ1n) is 11.9. The summed E-state index contributed by atoms with van der Waals surface area (Å²) in [5.41, 5.74) is 0.772. The van der Waals surface area contributed by atoms with Crippen molar-refractivity contribution in [1.29, 1.82) is 0 Å². The third-order valence-corrected chi connectivity index (χ3v) is 6.20. The van der Waals surface area contributed by atoms with Gasteiger partial charge in [-0.25, -0.2) is 0 Å². The fourth-order valence-electron chi connectivity index (χ4n) is 4.53. The lowest BCUT2D eigenvalue weighted by atomic mass is 9.86. The van der Waals surface area contributed by atoms with Crippen LogP contribution in [-0.2, 0) is 0 Å². The first kappa shape index (κ1) is 27.0. The molecule has 0 aromatic heterocycles. The highest BCUT2D eigenvalue weighted by atomic mass is 16.3. The summed E-state index contributed by atoms with van der Waals surface area (Å²) in [7, 11) is 0. The molecule has 2 atom stereocenters. The van der Waals surface area contributed by atoms with Crippen LogP contribution in [0.2, 0.25) is 0 Å². The lowest BCUT2D eigenvalue weighted by Crippen LogP contribution is -2.08. The van der Waals surface area contributed by atoms with Gasteiger partial charge in [-0.1, -0.05) is 110 Å². The molecule has 0 spiro atoms. The Balaban J connectivity index is 0.00000227. The maximum Gasteiger partial charge on any atom is 0.0806 e. The normalized spacial score (nSPS) is 19.3. The molecule has 0 aromatic carbocycles. The molecule has 1 fully saturated rings. The molecule has 1 aliphatic rings. The van der Waals surface area contributed by atoms with Crippen LogP contribution >= 0.6 is 0 Å². The highest BCUT2D eigenvalue weighted by Gasteiger charge is 2.25. The Bertz CT molecular complexity index is 365. The predicted octanol–water partition coefficient (Wildman–Crippen LogP) is 8.01. The number of unbranched alkanes of at least 4 members (excludes halogenated alkanes) is 9. The van der Waals surface area contributed by atoms with Gasteiger partial charge in [-0.2, -0.15) is 0 Å². The monoisotopic (exact) mass is 396 g/mol. The van der Waals surface area contributed by atoms with E-state index in [4.69, 9.17) is 15.3 Å². The first-order chi connectivity index (χ1) is 13.7. The van der Waals surface area contributed by atoms with Gasteiger partial charge in [0.25, 0.3) is 0 Å². The summed E-state index contributed by atoms with van der Waals surface area (Å²) in [4.78, 5) is 0. The minimum atomic E-state index is -0.000195. The van der Waals surface area contributed by atoms with Gasteiger partial charge < -0.3 is 15.3 Å². The maximum absolute atomic E-state index is 9.04. The highest BCUT2D eigenvalue weighted by molar-refractivity contribution is 4.96. The summed E-state index contributed by atoms with van der Waals surface area (Å²) in [5, 5.41) is 25.3. The standard InChI is InChI=1S/C23H44O2.C2H4O/c1-2-3-4-5-6-7-8-11-15-22-17-13-18-23(22)16-12-9-10-14-21(19-24)20-25;1-2-3/h19,22-25H,2-18,20H2,1H3;2-3H,1H2/t22-,23-;/m0./s1. The summed E-state index contributed by atoms with van der Waals surface area (Å²) in [6.45, 7) is 5.20. The van der Waals surface area contributed by atoms with Crippen LogP contribution < -0.4 is 0 Å². The van der Waals surface area contributed by atoms with Crippen molar-refractivity contribution in [2.24, 2.45) is 11.8 Å². The van der Waals surface area contributed by atoms with Crippen molar-refractivity contribution < 1.29 is 15.3 Å². The predicted molar refractivity (Wildman–Crippen MR) is 122 cm³/mol. The van der Waals surface area contributed by atoms with E-state index in [1.54, 1.807) is 0 Å². The molecule has 0 amide bonds. The van der Waals surface area contributed by atoms with Gasteiger partial charge >= 0.3 is 0 Å². The topological polar surface area (TPSA) is 60.7 Å². The zero-order valence-electron chi connectivity index (χ0n) is 18.6. The van der Waals surface area contributed by atoms with E-state index in [9.17, 15) is 0 Å². The molecule has 0 heterocycles. The number of aliphatic hydroxyl groups excluding tert-OH is 3. The van der Waals surface area contributed by atoms with Gasteiger partial charge in [0.1, 0.15) is 0 Å². The van der Waals surface area contributed by atoms with Crippen molar-refractivity contribution in [1.82, 2.24) is 0 Å². The van der Waals surface area contributed by atoms with Crippen LogP contribution in [0.15, 0.2) is 24.7 Å². The molecule has 3 N–H and O–H groups in total. The van der Waals surface area contributed by atoms with Crippen molar-refractivity contribution in [2.45, 2.75) is 116 Å². The lowest BCUT2D eigenvalue weighted by molar-refractivity contribution is 0.312. The Morgan fingerprint density at radius 2 is 1.29 bits per heavy atom. The van der Waals surface area contributed by atoms with Crippen molar-refractivity contribution in [3.8, 4) is 0 Å². The molecular formula is C25H48O3. The molecule has 0 unspecified atom stereocenters. The Morgan fingerprint density at radius 3 is 1.75 bits per heavy atom. The molecular weight excluding hydrogens is 348 g/mol. The molecule has 0 aromatic rings. The van der Waals surface area contributed by atoms with E-state index in [-0.39, 0.29) is 6.61 Å². The van der Waals surface area contributed by atoms with Gasteiger partial charge in [-0.05, 0) is 30.3 Å². The number of rotatable bonds is 16. The van der Waals surface area contributed by atoms with Crippen molar-refractivity contribution in [2.75, 3.05) is 6.61 Å². The zero-order chi connectivity index (χ0) is 20.9. The molecule has 0 saturated heterocycles. The molecule has 3 nitrogen and oxygen atoms in total. The van der Waals surface area contributed by atoms with E-state index in [0.29, 0.717) is 0 Å². The van der Waals surface area contributed by atoms with Gasteiger partial charge in [-0.15, -0.1) is 0 Å². The Morgan fingerprint density at radius 1 is 0.821 bits per heavy atom. The van der Waals surface area contributed by atoms with Crippen LogP contribution in [-0.4, -0.2) is 21.9 Å². The Labute approximate surface area is 175 Å². The van der Waals surface area contributed by atoms with Crippen LogP contribution in [0.25, 0.3) is 0 Å². The van der Waals surface area contributed by atoms with E-state index >= 15 is 0 Å². The lowest BCUT2D eigenvalue weighted by Gasteiger charge is -2.19. The smallest absolute Gasteiger partial charge is 0.0806 e. The molecule has 1 saturated carbocycles. The summed E-state index contributed by atoms with van der Waals surface area (Å²) >= 11 is 0. The average Bonchev–Trinajstić information content (AvgIpc) is 3.14. The molecule has 0 radical (unpaired) electrons. The molecule has 1 aliphatic carbocycles. The van der Waals surface area contributed by atoms with Gasteiger partial charge in [0.15, 0.2) is 0 Å². The summed E-state index contributed by atoms with van der Waals surface area (Å²) in [5.74, 6) is 1.99. The van der Waals surface area contributed by atoms with Crippen molar-refractivity contribution in [3.63, 3.8) is 0 Å². The Kier molecular flexibility index (Phi) is 20.1. The van der Waals surface area contributed by atoms with Gasteiger partial charge in [-0.3, -0.25) is 0 Å². The van der Waals surface area contributed by atoms with E-state index in [1.807, 2.05) is 0 Å². The van der Waals surface area contributed by atoms with Gasteiger partial charge in [0.05, 0.1) is 19.1 Å². The molecule has 166 valence electrons. The molecule has 0 bridgehead atoms. The summed E-state index contributed by atoms with van der Waals surface area (Å²) in [6.07, 6.45) is 25.1. The molecule has 1 rings (SSSR count). The second kappa shape index (κ2) is 20.8. The van der Waals surface area contributed by atoms with Crippen LogP contribution in [0.4, 0.5) is 0 Å². The van der Waals surface area contributed by atoms with E-state index < -0.39 is 0 Å². The third kappa shape index (κ3) is 15.0. The maximum atomic E-state index is 9.04. The van der Waals surface area contributed by atoms with Gasteiger partial charge in [0.2, 0.25) is 0 Å². The van der Waals surface area contributed by atoms with Crippen LogP contribution in [0, 0.1) is 11.8 Å². The molecule has 0 aliphatic heterocycles. The van der Waals surface area contributed by atoms with Crippen LogP contribution in [0.1, 0.15) is 116 Å². The molecule has 3 heteroatoms. The van der Waals surface area contributed by atoms with E-state index in [0.717, 1.165) is 42.8 Å². The minimum Gasteiger partial charge on any atom is -0.516 e. The average molecular weight is 397 g/mol. The third-order valence-electron chi connectivity index (χ3n) is 6.20. The molecule has 28 heavy (non-hydrogen) atoms. The summed E-state index contributed by atoms with van der Waals surface area (Å²) in [6, 6.07) is 0. The SMILES string of the molecule is C=CO.CCCCCCCCCC[C@H]1CCC[C@@H]1CCCCCC(=CO)CO. The fourth-order valence-corrected chi connectivity index (χ4v) is 4.53. The van der Waals surface area contributed by atoms with Crippen molar-refractivity contribution in [3.05, 3.63) is 24.7 Å². The second-order valence-electron chi connectivity index (χ2n) is 8.44. The Hall–Kier alpha value is -0.960. The van der Waals surface area contributed by atoms with Crippen LogP contribution in [0.3, 0.4) is 0 Å². The first-order valence-corrected chi connectivity index (χ1v) is 11.9. The van der Waals surface area contributed by atoms with Crippen LogP contribution in [0.5, 0.6) is 0 Å². The van der Waals surface area contributed by atoms with E-state index in [2.05, 4.69) is 13.5 Å². The number of aliphatic hydroxyl groups is 3. The quantitative estimate of drug-likeness (QED) is 0.183. The fraction of sp³-hybridized carbons (Fsp3) is 0.840. The zero-order valence-corrected chi connectivity index (χ0v) is 18.6. The largest absolute Gasteiger partial charge is 0.516 e. The second-order valence-corrected chi connectivity index (χ2v) is 8.44. The summed E-state index contributed by atoms with van der Waals surface area (Å²) < 4.78 is 0.